The van der Waals surface area contributed by atoms with Crippen molar-refractivity contribution in [3.05, 3.63) is 24.3 Å². The summed E-state index contributed by atoms with van der Waals surface area (Å²) in [6.07, 6.45) is 59.7. The predicted octanol–water partition coefficient (Wildman–Crippen LogP) is 17.5. The van der Waals surface area contributed by atoms with Crippen LogP contribution < -0.4 is 0 Å². The van der Waals surface area contributed by atoms with E-state index in [2.05, 4.69) is 38.2 Å². The maximum absolute atomic E-state index is 12.9. The summed E-state index contributed by atoms with van der Waals surface area (Å²) < 4.78 is 22.9. The zero-order chi connectivity index (χ0) is 51.3. The fourth-order valence-corrected chi connectivity index (χ4v) is 8.81. The van der Waals surface area contributed by atoms with E-state index in [9.17, 15) is 19.5 Å². The Bertz CT molecular complexity index is 1200. The van der Waals surface area contributed by atoms with E-state index in [1.807, 2.05) is 21.1 Å². The molecular weight excluding hydrogens is 875 g/mol. The molecule has 412 valence electrons. The number of hydrogen-bond acceptors (Lipinski definition) is 7. The van der Waals surface area contributed by atoms with E-state index in [1.165, 1.54) is 218 Å². The number of carbonyl (C=O) groups is 3. The molecule has 0 radical (unpaired) electrons. The van der Waals surface area contributed by atoms with Crippen LogP contribution in [0.15, 0.2) is 24.3 Å². The highest BCUT2D eigenvalue weighted by Crippen LogP contribution is 2.17. The van der Waals surface area contributed by atoms with E-state index in [0.717, 1.165) is 44.9 Å². The number of esters is 2. The third kappa shape index (κ3) is 53.6. The average molecular weight is 992 g/mol. The van der Waals surface area contributed by atoms with Crippen LogP contribution in [0.1, 0.15) is 290 Å². The van der Waals surface area contributed by atoms with Gasteiger partial charge in [-0.2, -0.15) is 0 Å². The first-order valence-corrected chi connectivity index (χ1v) is 30.0. The summed E-state index contributed by atoms with van der Waals surface area (Å²) in [5.74, 6) is -1.99. The summed E-state index contributed by atoms with van der Waals surface area (Å²) in [7, 11) is 5.98. The minimum absolute atomic E-state index is 0.177. The highest BCUT2D eigenvalue weighted by atomic mass is 16.7. The van der Waals surface area contributed by atoms with Crippen molar-refractivity contribution >= 4 is 17.9 Å². The standard InChI is InChI=1S/C61H115NO8/c1-6-8-10-12-14-16-18-20-22-24-26-28-30-32-34-36-38-40-42-44-46-48-50-52-59(64)70-57(56-69-61(60(65)66)67-54-53-62(3,4)5)55-68-58(63)51-49-47-45-43-41-39-37-35-33-31-29-27-25-23-21-19-17-15-13-11-9-7-2/h18,20,24,26,57,61H,6-17,19,21-23,25,27-56H2,1-5H3/p+1/b20-18-,26-24-. The van der Waals surface area contributed by atoms with Crippen LogP contribution in [0.2, 0.25) is 0 Å². The molecule has 9 nitrogen and oxygen atoms in total. The second-order valence-electron chi connectivity index (χ2n) is 21.7. The molecule has 1 N–H and O–H groups in total. The van der Waals surface area contributed by atoms with Crippen molar-refractivity contribution in [2.45, 2.75) is 302 Å². The molecule has 70 heavy (non-hydrogen) atoms. The van der Waals surface area contributed by atoms with E-state index >= 15 is 0 Å². The van der Waals surface area contributed by atoms with Gasteiger partial charge in [-0.15, -0.1) is 0 Å². The van der Waals surface area contributed by atoms with Crippen molar-refractivity contribution in [3.63, 3.8) is 0 Å². The van der Waals surface area contributed by atoms with Crippen LogP contribution in [0, 0.1) is 0 Å². The molecule has 0 saturated carbocycles. The Morgan fingerprint density at radius 2 is 0.771 bits per heavy atom. The molecule has 0 rings (SSSR count). The first-order chi connectivity index (χ1) is 34.1. The van der Waals surface area contributed by atoms with Crippen LogP contribution in [0.25, 0.3) is 0 Å². The first kappa shape index (κ1) is 67.8. The molecule has 0 amide bonds. The van der Waals surface area contributed by atoms with Crippen LogP contribution in [0.4, 0.5) is 0 Å². The Morgan fingerprint density at radius 1 is 0.429 bits per heavy atom. The Morgan fingerprint density at radius 3 is 1.13 bits per heavy atom. The van der Waals surface area contributed by atoms with Crippen molar-refractivity contribution in [2.75, 3.05) is 47.5 Å². The molecule has 0 bridgehead atoms. The van der Waals surface area contributed by atoms with Crippen molar-refractivity contribution in [1.82, 2.24) is 0 Å². The summed E-state index contributed by atoms with van der Waals surface area (Å²) in [6.45, 7) is 4.92. The molecular formula is C61H116NO8+. The molecule has 2 unspecified atom stereocenters. The molecule has 2 atom stereocenters. The number of nitrogens with zero attached hydrogens (tertiary/aromatic N) is 1. The summed E-state index contributed by atoms with van der Waals surface area (Å²) in [5.41, 5.74) is 0. The topological polar surface area (TPSA) is 108 Å². The van der Waals surface area contributed by atoms with Gasteiger partial charge in [0.15, 0.2) is 6.10 Å². The van der Waals surface area contributed by atoms with Crippen LogP contribution in [-0.4, -0.2) is 87.4 Å². The van der Waals surface area contributed by atoms with E-state index in [0.29, 0.717) is 17.4 Å². The van der Waals surface area contributed by atoms with Gasteiger partial charge in [-0.1, -0.05) is 256 Å². The smallest absolute Gasteiger partial charge is 0.361 e. The van der Waals surface area contributed by atoms with Gasteiger partial charge in [0.2, 0.25) is 0 Å². The Kier molecular flexibility index (Phi) is 51.4. The fraction of sp³-hybridized carbons (Fsp3) is 0.885. The third-order valence-electron chi connectivity index (χ3n) is 13.5. The van der Waals surface area contributed by atoms with Gasteiger partial charge in [-0.05, 0) is 44.9 Å². The van der Waals surface area contributed by atoms with Gasteiger partial charge in [0.1, 0.15) is 13.2 Å². The van der Waals surface area contributed by atoms with Gasteiger partial charge in [0, 0.05) is 12.8 Å². The number of unbranched alkanes of at least 4 members (excludes halogenated alkanes) is 37. The number of aliphatic carboxylic acids is 1. The minimum Gasteiger partial charge on any atom is -0.477 e. The van der Waals surface area contributed by atoms with Crippen LogP contribution in [-0.2, 0) is 33.3 Å². The van der Waals surface area contributed by atoms with Crippen molar-refractivity contribution in [1.29, 1.82) is 0 Å². The minimum atomic E-state index is -1.51. The Labute approximate surface area is 433 Å². The van der Waals surface area contributed by atoms with Gasteiger partial charge in [0.25, 0.3) is 6.29 Å². The molecule has 0 saturated heterocycles. The number of carbonyl (C=O) groups excluding carboxylic acids is 2. The Hall–Kier alpha value is -2.23. The van der Waals surface area contributed by atoms with E-state index in [-0.39, 0.29) is 32.2 Å². The monoisotopic (exact) mass is 991 g/mol. The maximum Gasteiger partial charge on any atom is 0.361 e. The number of allylic oxidation sites excluding steroid dienone is 4. The van der Waals surface area contributed by atoms with Crippen molar-refractivity contribution in [3.8, 4) is 0 Å². The fourth-order valence-electron chi connectivity index (χ4n) is 8.81. The number of quaternary nitrogens is 1. The van der Waals surface area contributed by atoms with Crippen LogP contribution in [0.5, 0.6) is 0 Å². The summed E-state index contributed by atoms with van der Waals surface area (Å²) in [5, 5.41) is 9.71. The lowest BCUT2D eigenvalue weighted by Gasteiger charge is -2.25. The lowest BCUT2D eigenvalue weighted by molar-refractivity contribution is -0.870. The van der Waals surface area contributed by atoms with Gasteiger partial charge in [0.05, 0.1) is 34.4 Å². The summed E-state index contributed by atoms with van der Waals surface area (Å²) in [6, 6.07) is 0. The molecule has 9 heteroatoms. The molecule has 0 aliphatic heterocycles. The van der Waals surface area contributed by atoms with Crippen molar-refractivity contribution in [2.24, 2.45) is 0 Å². The number of carboxylic acids is 1. The zero-order valence-electron chi connectivity index (χ0n) is 47.0. The summed E-state index contributed by atoms with van der Waals surface area (Å²) >= 11 is 0. The number of rotatable bonds is 56. The molecule has 0 aliphatic carbocycles. The van der Waals surface area contributed by atoms with Crippen LogP contribution >= 0.6 is 0 Å². The van der Waals surface area contributed by atoms with Gasteiger partial charge < -0.3 is 28.5 Å². The predicted molar refractivity (Wildman–Crippen MR) is 295 cm³/mol. The first-order valence-electron chi connectivity index (χ1n) is 30.0. The lowest BCUT2D eigenvalue weighted by Crippen LogP contribution is -2.40. The highest BCUT2D eigenvalue weighted by Gasteiger charge is 2.25. The second kappa shape index (κ2) is 53.1. The second-order valence-corrected chi connectivity index (χ2v) is 21.7. The number of likely N-dealkylation sites (N-methyl/N-ethyl adjacent to an activating group) is 1. The maximum atomic E-state index is 12.9. The molecule has 0 spiro atoms. The molecule has 0 aromatic carbocycles. The molecule has 0 aromatic heterocycles. The summed E-state index contributed by atoms with van der Waals surface area (Å²) in [4.78, 5) is 37.4. The molecule has 0 heterocycles. The quantitative estimate of drug-likeness (QED) is 0.0211. The SMILES string of the molecule is CCCCCCC/C=C\C/C=C\CCCCCCCCCCCCCC(=O)OC(COC(=O)CCCCCCCCCCCCCCCCCCCCCCCC)COC(OCC[N+](C)(C)C)C(=O)O. The number of hydrogen-bond donors (Lipinski definition) is 1. The number of carboxylic acid groups (broad SMARTS) is 1. The van der Waals surface area contributed by atoms with E-state index in [4.69, 9.17) is 18.9 Å². The van der Waals surface area contributed by atoms with Gasteiger partial charge >= 0.3 is 17.9 Å². The average Bonchev–Trinajstić information content (AvgIpc) is 3.33. The zero-order valence-corrected chi connectivity index (χ0v) is 47.0. The number of ether oxygens (including phenoxy) is 4. The lowest BCUT2D eigenvalue weighted by atomic mass is 10.0. The molecule has 0 aromatic rings. The molecule has 0 aliphatic rings. The molecule has 0 fully saturated rings. The van der Waals surface area contributed by atoms with Crippen molar-refractivity contribution < 1.29 is 42.9 Å². The van der Waals surface area contributed by atoms with Gasteiger partial charge in [-0.3, -0.25) is 9.59 Å². The van der Waals surface area contributed by atoms with Crippen LogP contribution in [0.3, 0.4) is 0 Å². The Balaban J connectivity index is 4.20. The normalized spacial score (nSPS) is 12.9. The van der Waals surface area contributed by atoms with E-state index < -0.39 is 24.3 Å². The third-order valence-corrected chi connectivity index (χ3v) is 13.5. The largest absolute Gasteiger partial charge is 0.477 e. The van der Waals surface area contributed by atoms with E-state index in [1.54, 1.807) is 0 Å². The highest BCUT2D eigenvalue weighted by molar-refractivity contribution is 5.71. The van der Waals surface area contributed by atoms with Gasteiger partial charge in [-0.25, -0.2) is 4.79 Å².